The van der Waals surface area contributed by atoms with Crippen molar-refractivity contribution in [1.29, 1.82) is 0 Å². The van der Waals surface area contributed by atoms with E-state index >= 15 is 0 Å². The zero-order valence-corrected chi connectivity index (χ0v) is 53.3. The first kappa shape index (κ1) is 77.1. The quantitative estimate of drug-likeness (QED) is 0.0261. The minimum absolute atomic E-state index is 0.113. The van der Waals surface area contributed by atoms with E-state index in [0.29, 0.717) is 12.8 Å². The highest BCUT2D eigenvalue weighted by Gasteiger charge is 2.19. The molecule has 0 radical (unpaired) electrons. The van der Waals surface area contributed by atoms with E-state index < -0.39 is 12.1 Å². The molecule has 0 aliphatic carbocycles. The van der Waals surface area contributed by atoms with Gasteiger partial charge in [-0.3, -0.25) is 14.4 Å². The van der Waals surface area contributed by atoms with Crippen molar-refractivity contribution in [2.45, 2.75) is 335 Å². The average molecular weight is 1130 g/mol. The fourth-order valence-corrected chi connectivity index (χ4v) is 9.75. The Bertz CT molecular complexity index is 1620. The van der Waals surface area contributed by atoms with Crippen LogP contribution in [0.15, 0.2) is 109 Å². The molecule has 0 heterocycles. The van der Waals surface area contributed by atoms with Gasteiger partial charge in [0.05, 0.1) is 6.42 Å². The Balaban J connectivity index is 4.32. The van der Waals surface area contributed by atoms with Crippen LogP contribution in [0.3, 0.4) is 0 Å². The molecule has 0 aliphatic rings. The number of hydrogen-bond acceptors (Lipinski definition) is 6. The summed E-state index contributed by atoms with van der Waals surface area (Å²) in [6, 6.07) is 0. The summed E-state index contributed by atoms with van der Waals surface area (Å²) in [4.78, 5) is 38.3. The molecule has 6 nitrogen and oxygen atoms in total. The summed E-state index contributed by atoms with van der Waals surface area (Å²) in [5, 5.41) is 0. The Morgan fingerprint density at radius 3 is 0.864 bits per heavy atom. The van der Waals surface area contributed by atoms with Gasteiger partial charge in [-0.25, -0.2) is 0 Å². The van der Waals surface area contributed by atoms with Gasteiger partial charge in [0.15, 0.2) is 6.10 Å². The van der Waals surface area contributed by atoms with Crippen LogP contribution in [0, 0.1) is 0 Å². The molecule has 0 fully saturated rings. The first-order chi connectivity index (χ1) is 40.0. The lowest BCUT2D eigenvalue weighted by molar-refractivity contribution is -0.166. The van der Waals surface area contributed by atoms with Crippen LogP contribution in [0.2, 0.25) is 0 Å². The number of rotatable bonds is 62. The predicted molar refractivity (Wildman–Crippen MR) is 353 cm³/mol. The van der Waals surface area contributed by atoms with Gasteiger partial charge >= 0.3 is 17.9 Å². The smallest absolute Gasteiger partial charge is 0.309 e. The van der Waals surface area contributed by atoms with Crippen LogP contribution in [-0.4, -0.2) is 37.2 Å². The Morgan fingerprint density at radius 1 is 0.272 bits per heavy atom. The molecule has 81 heavy (non-hydrogen) atoms. The van der Waals surface area contributed by atoms with Crippen molar-refractivity contribution < 1.29 is 28.6 Å². The lowest BCUT2D eigenvalue weighted by Crippen LogP contribution is -2.30. The fourth-order valence-electron chi connectivity index (χ4n) is 9.75. The van der Waals surface area contributed by atoms with Gasteiger partial charge in [0.2, 0.25) is 0 Å². The number of carbonyl (C=O) groups is 3. The van der Waals surface area contributed by atoms with E-state index in [9.17, 15) is 14.4 Å². The molecule has 6 heteroatoms. The molecule has 0 aromatic heterocycles. The monoisotopic (exact) mass is 1120 g/mol. The van der Waals surface area contributed by atoms with Crippen molar-refractivity contribution in [2.24, 2.45) is 0 Å². The van der Waals surface area contributed by atoms with Gasteiger partial charge in [0.1, 0.15) is 13.2 Å². The molecule has 0 spiro atoms. The summed E-state index contributed by atoms with van der Waals surface area (Å²) in [6.07, 6.45) is 94.4. The van der Waals surface area contributed by atoms with Gasteiger partial charge in [0, 0.05) is 12.8 Å². The third-order valence-electron chi connectivity index (χ3n) is 14.8. The second-order valence-electron chi connectivity index (χ2n) is 22.7. The van der Waals surface area contributed by atoms with Crippen LogP contribution in [0.25, 0.3) is 0 Å². The first-order valence-electron chi connectivity index (χ1n) is 34.4. The zero-order valence-electron chi connectivity index (χ0n) is 53.3. The van der Waals surface area contributed by atoms with E-state index in [2.05, 4.69) is 118 Å². The van der Waals surface area contributed by atoms with Gasteiger partial charge < -0.3 is 14.2 Å². The minimum Gasteiger partial charge on any atom is -0.462 e. The highest BCUT2D eigenvalue weighted by Crippen LogP contribution is 2.18. The van der Waals surface area contributed by atoms with Gasteiger partial charge in [-0.2, -0.15) is 0 Å². The third kappa shape index (κ3) is 66.8. The molecule has 0 rings (SSSR count). The molecular weight excluding hydrogens is 997 g/mol. The molecule has 0 aromatic rings. The molecule has 0 N–H and O–H groups in total. The maximum atomic E-state index is 12.9. The highest BCUT2D eigenvalue weighted by atomic mass is 16.6. The Morgan fingerprint density at radius 2 is 0.531 bits per heavy atom. The number of hydrogen-bond donors (Lipinski definition) is 0. The topological polar surface area (TPSA) is 78.9 Å². The van der Waals surface area contributed by atoms with Crippen molar-refractivity contribution >= 4 is 17.9 Å². The molecule has 0 amide bonds. The SMILES string of the molecule is CC/C=C\C/C=C\C/C=C\C/C=C\C/C=C\CC(=O)OCC(COC(=O)CCCCCCCCCCCCCCCCCCCCCCCCCCCCCCC)OC(=O)CCCCCCCC/C=C\C/C=C\C/C=C\C/C=C\CC. The van der Waals surface area contributed by atoms with E-state index in [0.717, 1.165) is 109 Å². The van der Waals surface area contributed by atoms with E-state index in [1.165, 1.54) is 180 Å². The summed E-state index contributed by atoms with van der Waals surface area (Å²) in [5.74, 6) is -1.05. The van der Waals surface area contributed by atoms with Crippen molar-refractivity contribution in [3.8, 4) is 0 Å². The number of allylic oxidation sites excluding steroid dienone is 17. The number of carbonyl (C=O) groups excluding carboxylic acids is 3. The third-order valence-corrected chi connectivity index (χ3v) is 14.8. The largest absolute Gasteiger partial charge is 0.462 e. The lowest BCUT2D eigenvalue weighted by Gasteiger charge is -2.18. The molecular formula is C75H128O6. The average Bonchev–Trinajstić information content (AvgIpc) is 3.47. The first-order valence-corrected chi connectivity index (χ1v) is 34.4. The van der Waals surface area contributed by atoms with Crippen molar-refractivity contribution in [2.75, 3.05) is 13.2 Å². The van der Waals surface area contributed by atoms with Gasteiger partial charge in [-0.05, 0) is 83.5 Å². The van der Waals surface area contributed by atoms with Gasteiger partial charge in [0.25, 0.3) is 0 Å². The number of unbranched alkanes of at least 4 members (excludes halogenated alkanes) is 34. The minimum atomic E-state index is -0.828. The predicted octanol–water partition coefficient (Wildman–Crippen LogP) is 23.8. The van der Waals surface area contributed by atoms with E-state index in [4.69, 9.17) is 14.2 Å². The molecule has 1 atom stereocenters. The molecule has 464 valence electrons. The molecule has 0 bridgehead atoms. The van der Waals surface area contributed by atoms with Crippen LogP contribution >= 0.6 is 0 Å². The van der Waals surface area contributed by atoms with Crippen LogP contribution in [0.5, 0.6) is 0 Å². The number of esters is 3. The maximum Gasteiger partial charge on any atom is 0.309 e. The van der Waals surface area contributed by atoms with Gasteiger partial charge in [-0.1, -0.05) is 336 Å². The second-order valence-corrected chi connectivity index (χ2v) is 22.7. The van der Waals surface area contributed by atoms with Crippen molar-refractivity contribution in [3.63, 3.8) is 0 Å². The summed E-state index contributed by atoms with van der Waals surface area (Å²) in [6.45, 7) is 6.35. The lowest BCUT2D eigenvalue weighted by atomic mass is 10.0. The Kier molecular flexibility index (Phi) is 65.2. The summed E-state index contributed by atoms with van der Waals surface area (Å²) < 4.78 is 16.8. The number of ether oxygens (including phenoxy) is 3. The molecule has 0 aliphatic heterocycles. The second kappa shape index (κ2) is 68.6. The summed E-state index contributed by atoms with van der Waals surface area (Å²) in [7, 11) is 0. The Labute approximate surface area is 501 Å². The fraction of sp³-hybridized carbons (Fsp3) is 0.720. The van der Waals surface area contributed by atoms with Crippen LogP contribution in [0.4, 0.5) is 0 Å². The summed E-state index contributed by atoms with van der Waals surface area (Å²) >= 11 is 0. The van der Waals surface area contributed by atoms with Crippen LogP contribution in [-0.2, 0) is 28.6 Å². The zero-order chi connectivity index (χ0) is 58.5. The van der Waals surface area contributed by atoms with Crippen LogP contribution in [0.1, 0.15) is 329 Å². The summed E-state index contributed by atoms with van der Waals surface area (Å²) in [5.41, 5.74) is 0. The molecule has 0 saturated heterocycles. The standard InChI is InChI=1S/C75H128O6/c1-4-7-10-13-16-19-22-25-28-30-32-33-34-35-36-37-38-39-40-41-43-44-47-50-53-56-59-62-65-68-74(77)80-71-72(70-79-73(76)67-64-61-58-55-52-49-46-27-24-21-18-15-12-9-6-3)81-75(78)69-66-63-60-57-54-51-48-45-42-31-29-26-23-20-17-14-11-8-5-2/h8-9,11-12,17-18,20-21,26-27,29,42,45-46,52,55,61,64,72H,4-7,10,13-16,19,22-25,28,30-41,43-44,47-51,53-54,56-60,62-63,65-71H2,1-3H3/b11-8-,12-9-,20-17-,21-18-,29-26-,45-42-,46-27-,55-52-,64-61-. The molecule has 1 unspecified atom stereocenters. The van der Waals surface area contributed by atoms with E-state index in [-0.39, 0.29) is 31.6 Å². The van der Waals surface area contributed by atoms with Gasteiger partial charge in [-0.15, -0.1) is 0 Å². The highest BCUT2D eigenvalue weighted by molar-refractivity contribution is 5.72. The van der Waals surface area contributed by atoms with E-state index in [1.54, 1.807) is 6.08 Å². The van der Waals surface area contributed by atoms with E-state index in [1.807, 2.05) is 6.08 Å². The Hall–Kier alpha value is -3.93. The van der Waals surface area contributed by atoms with Crippen LogP contribution < -0.4 is 0 Å². The van der Waals surface area contributed by atoms with Crippen molar-refractivity contribution in [3.05, 3.63) is 109 Å². The molecule has 0 saturated carbocycles. The maximum absolute atomic E-state index is 12.9. The van der Waals surface area contributed by atoms with Crippen molar-refractivity contribution in [1.82, 2.24) is 0 Å². The molecule has 0 aromatic carbocycles. The normalized spacial score (nSPS) is 12.8.